The second-order valence-electron chi connectivity index (χ2n) is 9.42. The number of rotatable bonds is 6. The third-order valence-corrected chi connectivity index (χ3v) is 8.53. The number of ether oxygens (including phenoxy) is 1. The van der Waals surface area contributed by atoms with Gasteiger partial charge in [-0.3, -0.25) is 4.79 Å². The van der Waals surface area contributed by atoms with Crippen LogP contribution in [0.5, 0.6) is 5.75 Å². The van der Waals surface area contributed by atoms with E-state index in [4.69, 9.17) is 4.74 Å². The minimum atomic E-state index is -3.83. The summed E-state index contributed by atoms with van der Waals surface area (Å²) >= 11 is 0. The molecule has 4 rings (SSSR count). The molecule has 2 aromatic carbocycles. The smallest absolute Gasteiger partial charge is 0.257 e. The number of sulfonamides is 1. The molecule has 1 fully saturated rings. The summed E-state index contributed by atoms with van der Waals surface area (Å²) in [7, 11) is -2.33. The van der Waals surface area contributed by atoms with E-state index < -0.39 is 10.0 Å². The molecule has 0 saturated carbocycles. The molecule has 178 valence electrons. The number of carbonyl (C=O) groups excluding carboxylic acids is 1. The van der Waals surface area contributed by atoms with Crippen LogP contribution in [0.3, 0.4) is 0 Å². The van der Waals surface area contributed by atoms with E-state index in [2.05, 4.69) is 23.8 Å². The highest BCUT2D eigenvalue weighted by Crippen LogP contribution is 2.28. The van der Waals surface area contributed by atoms with Crippen molar-refractivity contribution >= 4 is 15.9 Å². The Labute approximate surface area is 197 Å². The first kappa shape index (κ1) is 23.8. The van der Waals surface area contributed by atoms with Crippen molar-refractivity contribution in [2.24, 2.45) is 5.92 Å². The third-order valence-electron chi connectivity index (χ3n) is 6.99. The number of hydrogen-bond acceptors (Lipinski definition) is 4. The van der Waals surface area contributed by atoms with Gasteiger partial charge >= 0.3 is 0 Å². The van der Waals surface area contributed by atoms with Crippen LogP contribution < -0.4 is 9.46 Å². The Morgan fingerprint density at radius 1 is 1.06 bits per heavy atom. The van der Waals surface area contributed by atoms with Crippen molar-refractivity contribution in [3.63, 3.8) is 0 Å². The van der Waals surface area contributed by atoms with Crippen LogP contribution >= 0.6 is 0 Å². The van der Waals surface area contributed by atoms with E-state index in [0.717, 1.165) is 31.2 Å². The average Bonchev–Trinajstić information content (AvgIpc) is 2.83. The first-order valence-corrected chi connectivity index (χ1v) is 13.4. The molecule has 0 unspecified atom stereocenters. The van der Waals surface area contributed by atoms with Crippen molar-refractivity contribution in [3.8, 4) is 5.75 Å². The zero-order valence-electron chi connectivity index (χ0n) is 19.8. The molecule has 1 N–H and O–H groups in total. The minimum absolute atomic E-state index is 0.0711. The van der Waals surface area contributed by atoms with Crippen LogP contribution in [0.15, 0.2) is 41.3 Å². The van der Waals surface area contributed by atoms with Crippen molar-refractivity contribution in [2.75, 3.05) is 20.2 Å². The molecule has 1 aliphatic carbocycles. The summed E-state index contributed by atoms with van der Waals surface area (Å²) in [6.07, 6.45) is 6.42. The summed E-state index contributed by atoms with van der Waals surface area (Å²) in [5, 5.41) is 0. The zero-order valence-corrected chi connectivity index (χ0v) is 20.6. The second-order valence-corrected chi connectivity index (χ2v) is 11.1. The molecule has 1 aliphatic heterocycles. The highest BCUT2D eigenvalue weighted by molar-refractivity contribution is 7.89. The third kappa shape index (κ3) is 5.25. The molecule has 1 amide bonds. The number of nitrogens with one attached hydrogen (secondary N) is 1. The molecule has 0 radical (unpaired) electrons. The number of carbonyl (C=O) groups is 1. The summed E-state index contributed by atoms with van der Waals surface area (Å²) < 4.78 is 34.6. The lowest BCUT2D eigenvalue weighted by Gasteiger charge is -2.30. The molecule has 6 nitrogen and oxygen atoms in total. The number of aryl methyl sites for hydroxylation is 2. The van der Waals surface area contributed by atoms with E-state index in [9.17, 15) is 13.2 Å². The van der Waals surface area contributed by atoms with Crippen molar-refractivity contribution in [1.29, 1.82) is 0 Å². The van der Waals surface area contributed by atoms with Crippen molar-refractivity contribution in [2.45, 2.75) is 63.3 Å². The van der Waals surface area contributed by atoms with Gasteiger partial charge in [0.15, 0.2) is 0 Å². The maximum Gasteiger partial charge on any atom is 0.257 e. The summed E-state index contributed by atoms with van der Waals surface area (Å²) in [6, 6.07) is 10.4. The molecular weight excluding hydrogens is 436 g/mol. The fraction of sp³-hybridized carbons (Fsp3) is 0.500. The van der Waals surface area contributed by atoms with Gasteiger partial charge in [0.1, 0.15) is 5.75 Å². The van der Waals surface area contributed by atoms with Gasteiger partial charge in [-0.25, -0.2) is 13.1 Å². The highest BCUT2D eigenvalue weighted by atomic mass is 32.2. The van der Waals surface area contributed by atoms with Gasteiger partial charge in [-0.2, -0.15) is 0 Å². The Hall–Kier alpha value is -2.38. The van der Waals surface area contributed by atoms with E-state index in [1.807, 2.05) is 13.0 Å². The summed E-state index contributed by atoms with van der Waals surface area (Å²) in [6.45, 7) is 5.39. The molecule has 0 spiro atoms. The maximum absolute atomic E-state index is 13.2. The number of benzene rings is 2. The quantitative estimate of drug-likeness (QED) is 0.675. The number of methoxy groups -OCH3 is 1. The molecule has 33 heavy (non-hydrogen) atoms. The first-order chi connectivity index (χ1) is 15.8. The summed E-state index contributed by atoms with van der Waals surface area (Å²) in [5.74, 6) is 0.802. The molecular formula is C26H34N2O4S. The molecule has 2 aromatic rings. The molecule has 2 aliphatic rings. The predicted octanol–water partition coefficient (Wildman–Crippen LogP) is 4.49. The number of hydrogen-bond donors (Lipinski definition) is 1. The molecule has 1 atom stereocenters. The van der Waals surface area contributed by atoms with Gasteiger partial charge in [0.25, 0.3) is 5.91 Å². The molecule has 1 saturated heterocycles. The molecule has 1 heterocycles. The van der Waals surface area contributed by atoms with E-state index in [0.29, 0.717) is 24.8 Å². The summed E-state index contributed by atoms with van der Waals surface area (Å²) in [4.78, 5) is 15.0. The fourth-order valence-electron chi connectivity index (χ4n) is 4.79. The lowest BCUT2D eigenvalue weighted by molar-refractivity contribution is 0.0693. The average molecular weight is 471 g/mol. The number of piperidine rings is 1. The van der Waals surface area contributed by atoms with Gasteiger partial charge < -0.3 is 9.64 Å². The fourth-order valence-corrected chi connectivity index (χ4v) is 6.05. The standard InChI is InChI=1S/C26H34N2O4S/c1-18-12-14-28(15-13-18)26(29)24-17-23(10-11-25(24)32-3)33(30,31)27-19(2)21-9-8-20-6-4-5-7-22(20)16-21/h8-11,16-19,27H,4-7,12-15H2,1-3H3/t19-/m0/s1. The van der Waals surface area contributed by atoms with Gasteiger partial charge in [-0.15, -0.1) is 0 Å². The molecule has 7 heteroatoms. The number of fused-ring (bicyclic) bond motifs is 1. The van der Waals surface area contributed by atoms with Crippen LogP contribution in [-0.4, -0.2) is 39.4 Å². The normalized spacial score (nSPS) is 18.0. The van der Waals surface area contributed by atoms with E-state index in [1.165, 1.54) is 43.2 Å². The summed E-state index contributed by atoms with van der Waals surface area (Å²) in [5.41, 5.74) is 3.92. The van der Waals surface area contributed by atoms with Gasteiger partial charge in [-0.05, 0) is 86.3 Å². The van der Waals surface area contributed by atoms with Crippen molar-refractivity contribution in [3.05, 3.63) is 58.7 Å². The van der Waals surface area contributed by atoms with Crippen molar-refractivity contribution in [1.82, 2.24) is 9.62 Å². The Kier molecular flexibility index (Phi) is 7.10. The Morgan fingerprint density at radius 3 is 2.45 bits per heavy atom. The minimum Gasteiger partial charge on any atom is -0.496 e. The SMILES string of the molecule is COc1ccc(S(=O)(=O)N[C@@H](C)c2ccc3c(c2)CCCC3)cc1C(=O)N1CCC(C)CC1. The van der Waals surface area contributed by atoms with Crippen LogP contribution in [0, 0.1) is 5.92 Å². The monoisotopic (exact) mass is 470 g/mol. The van der Waals surface area contributed by atoms with Crippen LogP contribution in [0.4, 0.5) is 0 Å². The highest BCUT2D eigenvalue weighted by Gasteiger charge is 2.27. The van der Waals surface area contributed by atoms with Gasteiger partial charge in [0, 0.05) is 19.1 Å². The Bertz CT molecular complexity index is 1120. The van der Waals surface area contributed by atoms with Crippen LogP contribution in [0.25, 0.3) is 0 Å². The largest absolute Gasteiger partial charge is 0.496 e. The zero-order chi connectivity index (χ0) is 23.6. The lowest BCUT2D eigenvalue weighted by atomic mass is 9.89. The Balaban J connectivity index is 1.56. The number of likely N-dealkylation sites (tertiary alicyclic amines) is 1. The predicted molar refractivity (Wildman–Crippen MR) is 129 cm³/mol. The van der Waals surface area contributed by atoms with Crippen LogP contribution in [0.1, 0.15) is 72.6 Å². The first-order valence-electron chi connectivity index (χ1n) is 11.9. The molecule has 0 aromatic heterocycles. The van der Waals surface area contributed by atoms with Gasteiger partial charge in [-0.1, -0.05) is 25.1 Å². The maximum atomic E-state index is 13.2. The Morgan fingerprint density at radius 2 is 1.76 bits per heavy atom. The van der Waals surface area contributed by atoms with E-state index in [1.54, 1.807) is 11.0 Å². The van der Waals surface area contributed by atoms with Gasteiger partial charge in [0.05, 0.1) is 17.6 Å². The van der Waals surface area contributed by atoms with Crippen LogP contribution in [0.2, 0.25) is 0 Å². The topological polar surface area (TPSA) is 75.7 Å². The van der Waals surface area contributed by atoms with Crippen LogP contribution in [-0.2, 0) is 22.9 Å². The van der Waals surface area contributed by atoms with E-state index in [-0.39, 0.29) is 22.4 Å². The number of amides is 1. The lowest BCUT2D eigenvalue weighted by Crippen LogP contribution is -2.38. The van der Waals surface area contributed by atoms with Crippen molar-refractivity contribution < 1.29 is 17.9 Å². The van der Waals surface area contributed by atoms with Gasteiger partial charge in [0.2, 0.25) is 10.0 Å². The second kappa shape index (κ2) is 9.85. The molecule has 0 bridgehead atoms. The van der Waals surface area contributed by atoms with E-state index >= 15 is 0 Å². The number of nitrogens with zero attached hydrogens (tertiary/aromatic N) is 1.